The van der Waals surface area contributed by atoms with Crippen molar-refractivity contribution in [2.24, 2.45) is 0 Å². The van der Waals surface area contributed by atoms with Crippen LogP contribution in [-0.4, -0.2) is 21.0 Å². The molecule has 128 valence electrons. The van der Waals surface area contributed by atoms with Gasteiger partial charge in [0.05, 0.1) is 11.4 Å². The van der Waals surface area contributed by atoms with Gasteiger partial charge in [-0.15, -0.1) is 0 Å². The van der Waals surface area contributed by atoms with Gasteiger partial charge in [0.1, 0.15) is 11.6 Å². The molecular formula is C18H17ClFN5. The molecule has 0 saturated carbocycles. The number of pyridine rings is 1. The molecule has 0 saturated heterocycles. The Hall–Kier alpha value is -2.73. The maximum atomic E-state index is 14.0. The van der Waals surface area contributed by atoms with Gasteiger partial charge in [0.2, 0.25) is 5.95 Å². The second kappa shape index (κ2) is 7.44. The molecule has 0 aliphatic rings. The summed E-state index contributed by atoms with van der Waals surface area (Å²) in [5.74, 6) is 0.507. The van der Waals surface area contributed by atoms with E-state index in [1.165, 1.54) is 18.2 Å². The van der Waals surface area contributed by atoms with E-state index in [1.807, 2.05) is 26.0 Å². The van der Waals surface area contributed by atoms with Crippen LogP contribution in [0, 0.1) is 5.82 Å². The highest BCUT2D eigenvalue weighted by Gasteiger charge is 2.10. The molecule has 0 amide bonds. The van der Waals surface area contributed by atoms with Gasteiger partial charge in [-0.2, -0.15) is 4.98 Å². The molecule has 0 aliphatic carbocycles. The molecule has 0 radical (unpaired) electrons. The fourth-order valence-electron chi connectivity index (χ4n) is 2.24. The summed E-state index contributed by atoms with van der Waals surface area (Å²) < 4.78 is 14.0. The summed E-state index contributed by atoms with van der Waals surface area (Å²) >= 11 is 5.95. The summed E-state index contributed by atoms with van der Waals surface area (Å²) in [4.78, 5) is 12.9. The molecule has 25 heavy (non-hydrogen) atoms. The highest BCUT2D eigenvalue weighted by molar-refractivity contribution is 6.30. The Balaban J connectivity index is 2.01. The zero-order valence-corrected chi connectivity index (χ0v) is 14.5. The van der Waals surface area contributed by atoms with Crippen LogP contribution in [0.4, 0.5) is 21.8 Å². The lowest BCUT2D eigenvalue weighted by Crippen LogP contribution is -2.13. The molecule has 0 unspecified atom stereocenters. The van der Waals surface area contributed by atoms with Crippen molar-refractivity contribution in [1.82, 2.24) is 15.0 Å². The van der Waals surface area contributed by atoms with E-state index >= 15 is 0 Å². The summed E-state index contributed by atoms with van der Waals surface area (Å²) in [7, 11) is 0. The van der Waals surface area contributed by atoms with Gasteiger partial charge < -0.3 is 10.6 Å². The van der Waals surface area contributed by atoms with E-state index in [9.17, 15) is 4.39 Å². The lowest BCUT2D eigenvalue weighted by atomic mass is 10.2. The monoisotopic (exact) mass is 357 g/mol. The van der Waals surface area contributed by atoms with E-state index in [2.05, 4.69) is 25.6 Å². The average molecular weight is 358 g/mol. The largest absolute Gasteiger partial charge is 0.352 e. The molecular weight excluding hydrogens is 341 g/mol. The number of aromatic nitrogens is 3. The molecule has 3 aromatic rings. The molecule has 2 aromatic heterocycles. The van der Waals surface area contributed by atoms with E-state index < -0.39 is 5.82 Å². The molecule has 0 bridgehead atoms. The zero-order valence-electron chi connectivity index (χ0n) is 13.8. The predicted octanol–water partition coefficient (Wildman–Crippen LogP) is 4.90. The minimum Gasteiger partial charge on any atom is -0.352 e. The number of benzene rings is 1. The van der Waals surface area contributed by atoms with E-state index in [1.54, 1.807) is 18.5 Å². The number of hydrogen-bond donors (Lipinski definition) is 2. The van der Waals surface area contributed by atoms with Crippen molar-refractivity contribution < 1.29 is 4.39 Å². The number of nitrogens with zero attached hydrogens (tertiary/aromatic N) is 3. The molecule has 2 heterocycles. The standard InChI is InChI=1S/C18H17ClFN5/c1-11(2)22-18-24-15(12-5-7-21-8-6-12)10-17(25-18)23-16-9-13(19)3-4-14(16)20/h3-11H,1-2H3,(H2,22,23,24,25). The minimum absolute atomic E-state index is 0.156. The zero-order chi connectivity index (χ0) is 17.8. The number of nitrogens with one attached hydrogen (secondary N) is 2. The maximum absolute atomic E-state index is 14.0. The van der Waals surface area contributed by atoms with Crippen molar-refractivity contribution in [2.75, 3.05) is 10.6 Å². The summed E-state index contributed by atoms with van der Waals surface area (Å²) in [6.45, 7) is 3.98. The SMILES string of the molecule is CC(C)Nc1nc(Nc2cc(Cl)ccc2F)cc(-c2ccncc2)n1. The van der Waals surface area contributed by atoms with Gasteiger partial charge in [0.15, 0.2) is 0 Å². The third-order valence-electron chi connectivity index (χ3n) is 3.31. The van der Waals surface area contributed by atoms with Crippen LogP contribution in [0.1, 0.15) is 13.8 Å². The highest BCUT2D eigenvalue weighted by atomic mass is 35.5. The van der Waals surface area contributed by atoms with Crippen LogP contribution in [0.15, 0.2) is 48.8 Å². The van der Waals surface area contributed by atoms with Crippen molar-refractivity contribution in [3.05, 3.63) is 59.6 Å². The second-order valence-corrected chi connectivity index (χ2v) is 6.18. The fourth-order valence-corrected chi connectivity index (χ4v) is 2.41. The van der Waals surface area contributed by atoms with E-state index in [-0.39, 0.29) is 11.7 Å². The van der Waals surface area contributed by atoms with Gasteiger partial charge in [-0.3, -0.25) is 4.98 Å². The molecule has 0 fully saturated rings. The lowest BCUT2D eigenvalue weighted by molar-refractivity contribution is 0.632. The summed E-state index contributed by atoms with van der Waals surface area (Å²) in [5.41, 5.74) is 1.84. The maximum Gasteiger partial charge on any atom is 0.225 e. The predicted molar refractivity (Wildman–Crippen MR) is 98.7 cm³/mol. The Bertz CT molecular complexity index is 871. The van der Waals surface area contributed by atoms with Crippen molar-refractivity contribution in [1.29, 1.82) is 0 Å². The van der Waals surface area contributed by atoms with Crippen LogP contribution in [0.3, 0.4) is 0 Å². The average Bonchev–Trinajstić information content (AvgIpc) is 2.58. The third kappa shape index (κ3) is 4.42. The van der Waals surface area contributed by atoms with Crippen molar-refractivity contribution in [3.8, 4) is 11.3 Å². The molecule has 2 N–H and O–H groups in total. The topological polar surface area (TPSA) is 62.7 Å². The molecule has 3 rings (SSSR count). The Morgan fingerprint density at radius 3 is 2.52 bits per heavy atom. The molecule has 5 nitrogen and oxygen atoms in total. The van der Waals surface area contributed by atoms with Crippen LogP contribution in [0.5, 0.6) is 0 Å². The van der Waals surface area contributed by atoms with E-state index in [4.69, 9.17) is 11.6 Å². The van der Waals surface area contributed by atoms with Gasteiger partial charge in [-0.05, 0) is 44.2 Å². The summed E-state index contributed by atoms with van der Waals surface area (Å²) in [6, 6.07) is 9.93. The normalized spacial score (nSPS) is 10.8. The van der Waals surface area contributed by atoms with Crippen LogP contribution >= 0.6 is 11.6 Å². The Morgan fingerprint density at radius 2 is 1.80 bits per heavy atom. The molecule has 0 aliphatic heterocycles. The second-order valence-electron chi connectivity index (χ2n) is 5.75. The van der Waals surface area contributed by atoms with Crippen LogP contribution in [0.2, 0.25) is 5.02 Å². The number of anilines is 3. The number of rotatable bonds is 5. The Morgan fingerprint density at radius 1 is 1.04 bits per heavy atom. The van der Waals surface area contributed by atoms with E-state index in [0.29, 0.717) is 22.5 Å². The van der Waals surface area contributed by atoms with Crippen LogP contribution < -0.4 is 10.6 Å². The van der Waals surface area contributed by atoms with Gasteiger partial charge in [-0.1, -0.05) is 11.6 Å². The fraction of sp³-hybridized carbons (Fsp3) is 0.167. The van der Waals surface area contributed by atoms with Crippen molar-refractivity contribution >= 4 is 29.1 Å². The number of halogens is 2. The van der Waals surface area contributed by atoms with Gasteiger partial charge in [0, 0.05) is 35.1 Å². The molecule has 0 spiro atoms. The first-order valence-electron chi connectivity index (χ1n) is 7.79. The van der Waals surface area contributed by atoms with E-state index in [0.717, 1.165) is 5.56 Å². The lowest BCUT2D eigenvalue weighted by Gasteiger charge is -2.13. The summed E-state index contributed by atoms with van der Waals surface area (Å²) in [5, 5.41) is 6.58. The van der Waals surface area contributed by atoms with Gasteiger partial charge in [0.25, 0.3) is 0 Å². The molecule has 0 atom stereocenters. The molecule has 1 aromatic carbocycles. The van der Waals surface area contributed by atoms with Crippen LogP contribution in [0.25, 0.3) is 11.3 Å². The van der Waals surface area contributed by atoms with Crippen molar-refractivity contribution in [3.63, 3.8) is 0 Å². The summed E-state index contributed by atoms with van der Waals surface area (Å²) in [6.07, 6.45) is 3.38. The van der Waals surface area contributed by atoms with Crippen LogP contribution in [-0.2, 0) is 0 Å². The van der Waals surface area contributed by atoms with Crippen molar-refractivity contribution in [2.45, 2.75) is 19.9 Å². The Labute approximate surface area is 150 Å². The smallest absolute Gasteiger partial charge is 0.225 e. The first-order chi connectivity index (χ1) is 12.0. The first kappa shape index (κ1) is 17.1. The van der Waals surface area contributed by atoms with Gasteiger partial charge >= 0.3 is 0 Å². The highest BCUT2D eigenvalue weighted by Crippen LogP contribution is 2.26. The molecule has 7 heteroatoms. The third-order valence-corrected chi connectivity index (χ3v) is 3.55. The quantitative estimate of drug-likeness (QED) is 0.680. The first-order valence-corrected chi connectivity index (χ1v) is 8.17. The van der Waals surface area contributed by atoms with Gasteiger partial charge in [-0.25, -0.2) is 9.37 Å². The Kier molecular flexibility index (Phi) is 5.09. The minimum atomic E-state index is -0.410. The number of hydrogen-bond acceptors (Lipinski definition) is 5.